The zero-order chi connectivity index (χ0) is 22.1. The molecule has 1 saturated heterocycles. The number of rotatable bonds is 3. The van der Waals surface area contributed by atoms with E-state index in [2.05, 4.69) is 5.92 Å². The van der Waals surface area contributed by atoms with Gasteiger partial charge < -0.3 is 9.80 Å². The second-order valence-corrected chi connectivity index (χ2v) is 8.96. The van der Waals surface area contributed by atoms with E-state index in [1.54, 1.807) is 4.90 Å². The Balaban J connectivity index is 1.74. The number of sulfone groups is 1. The molecule has 5 nitrogen and oxygen atoms in total. The largest absolute Gasteiger partial charge is 0.416 e. The van der Waals surface area contributed by atoms with Gasteiger partial charge in [0.2, 0.25) is 0 Å². The summed E-state index contributed by atoms with van der Waals surface area (Å²) in [6, 6.07) is 8.96. The fraction of sp³-hybridized carbons (Fsp3) is 0.286. The van der Waals surface area contributed by atoms with Gasteiger partial charge in [0, 0.05) is 43.7 Å². The zero-order valence-electron chi connectivity index (χ0n) is 16.1. The molecule has 0 atom stereocenters. The fourth-order valence-corrected chi connectivity index (χ4v) is 3.90. The van der Waals surface area contributed by atoms with Crippen LogP contribution in [0.4, 0.5) is 18.9 Å². The number of halogens is 3. The zero-order valence-corrected chi connectivity index (χ0v) is 16.9. The van der Waals surface area contributed by atoms with Gasteiger partial charge in [0.25, 0.3) is 5.91 Å². The molecule has 1 heterocycles. The van der Waals surface area contributed by atoms with Gasteiger partial charge in [-0.15, -0.1) is 6.42 Å². The van der Waals surface area contributed by atoms with E-state index in [1.165, 1.54) is 30.3 Å². The highest BCUT2D eigenvalue weighted by Crippen LogP contribution is 2.30. The molecule has 1 aliphatic heterocycles. The highest BCUT2D eigenvalue weighted by molar-refractivity contribution is 7.90. The number of benzene rings is 2. The summed E-state index contributed by atoms with van der Waals surface area (Å²) >= 11 is 0. The molecule has 1 fully saturated rings. The van der Waals surface area contributed by atoms with E-state index in [4.69, 9.17) is 6.42 Å². The summed E-state index contributed by atoms with van der Waals surface area (Å²) in [5.41, 5.74) is 0.368. The third kappa shape index (κ3) is 4.60. The highest BCUT2D eigenvalue weighted by atomic mass is 32.2. The minimum Gasteiger partial charge on any atom is -0.368 e. The number of amides is 1. The predicted octanol–water partition coefficient (Wildman–Crippen LogP) is 3.05. The molecule has 0 aliphatic carbocycles. The van der Waals surface area contributed by atoms with Gasteiger partial charge >= 0.3 is 6.18 Å². The smallest absolute Gasteiger partial charge is 0.368 e. The Bertz CT molecular complexity index is 1100. The lowest BCUT2D eigenvalue weighted by atomic mass is 10.1. The van der Waals surface area contributed by atoms with Gasteiger partial charge in [0.1, 0.15) is 0 Å². The van der Waals surface area contributed by atoms with Crippen LogP contribution in [-0.2, 0) is 16.0 Å². The molecular weight excluding hydrogens is 417 g/mol. The molecule has 1 aliphatic rings. The Morgan fingerprint density at radius 1 is 1.03 bits per heavy atom. The molecule has 0 N–H and O–H groups in total. The second kappa shape index (κ2) is 8.03. The second-order valence-electron chi connectivity index (χ2n) is 6.95. The van der Waals surface area contributed by atoms with Crippen molar-refractivity contribution < 1.29 is 26.4 Å². The Labute approximate surface area is 173 Å². The maximum absolute atomic E-state index is 12.9. The summed E-state index contributed by atoms with van der Waals surface area (Å²) in [6.45, 7) is 1.50. The van der Waals surface area contributed by atoms with E-state index in [9.17, 15) is 26.4 Å². The summed E-state index contributed by atoms with van der Waals surface area (Å²) in [7, 11) is -3.50. The average Bonchev–Trinajstić information content (AvgIpc) is 2.71. The van der Waals surface area contributed by atoms with Gasteiger partial charge in [-0.1, -0.05) is 5.92 Å². The third-order valence-corrected chi connectivity index (χ3v) is 6.04. The minimum atomic E-state index is -4.39. The van der Waals surface area contributed by atoms with Gasteiger partial charge in [-0.3, -0.25) is 4.79 Å². The summed E-state index contributed by atoms with van der Waals surface area (Å²) < 4.78 is 61.8. The monoisotopic (exact) mass is 436 g/mol. The molecule has 0 spiro atoms. The van der Waals surface area contributed by atoms with Crippen molar-refractivity contribution in [1.29, 1.82) is 0 Å². The van der Waals surface area contributed by atoms with E-state index in [1.807, 2.05) is 4.90 Å². The molecule has 3 rings (SSSR count). The Morgan fingerprint density at radius 2 is 1.63 bits per heavy atom. The molecule has 1 amide bonds. The van der Waals surface area contributed by atoms with Crippen molar-refractivity contribution in [2.45, 2.75) is 11.1 Å². The molecule has 0 unspecified atom stereocenters. The molecule has 30 heavy (non-hydrogen) atoms. The quantitative estimate of drug-likeness (QED) is 0.694. The van der Waals surface area contributed by atoms with Crippen molar-refractivity contribution in [2.24, 2.45) is 0 Å². The number of alkyl halides is 3. The number of hydrogen-bond acceptors (Lipinski definition) is 4. The molecule has 0 saturated carbocycles. The first-order valence-corrected chi connectivity index (χ1v) is 10.9. The number of terminal acetylenes is 1. The van der Waals surface area contributed by atoms with Crippen molar-refractivity contribution in [1.82, 2.24) is 4.90 Å². The molecule has 9 heteroatoms. The van der Waals surface area contributed by atoms with E-state index >= 15 is 0 Å². The summed E-state index contributed by atoms with van der Waals surface area (Å²) in [6.07, 6.45) is 2.12. The molecular formula is C21H19F3N2O3S. The topological polar surface area (TPSA) is 57.7 Å². The van der Waals surface area contributed by atoms with Crippen molar-refractivity contribution in [3.05, 3.63) is 59.2 Å². The van der Waals surface area contributed by atoms with Crippen molar-refractivity contribution in [3.63, 3.8) is 0 Å². The number of hydrogen-bond donors (Lipinski definition) is 0. The van der Waals surface area contributed by atoms with Crippen LogP contribution in [0.5, 0.6) is 0 Å². The van der Waals surface area contributed by atoms with Crippen LogP contribution in [0.25, 0.3) is 0 Å². The van der Waals surface area contributed by atoms with Crippen LogP contribution >= 0.6 is 0 Å². The lowest BCUT2D eigenvalue weighted by Gasteiger charge is -2.36. The third-order valence-electron chi connectivity index (χ3n) is 4.93. The van der Waals surface area contributed by atoms with Crippen LogP contribution in [0, 0.1) is 12.3 Å². The Hall–Kier alpha value is -2.99. The first-order valence-electron chi connectivity index (χ1n) is 9.03. The fourth-order valence-electron chi connectivity index (χ4n) is 3.26. The molecule has 2 aromatic carbocycles. The van der Waals surface area contributed by atoms with Gasteiger partial charge in [0.05, 0.1) is 16.0 Å². The Kier molecular flexibility index (Phi) is 5.81. The normalized spacial score (nSPS) is 15.0. The lowest BCUT2D eigenvalue weighted by molar-refractivity contribution is -0.137. The van der Waals surface area contributed by atoms with E-state index in [-0.39, 0.29) is 16.4 Å². The van der Waals surface area contributed by atoms with Gasteiger partial charge in [-0.2, -0.15) is 13.2 Å². The van der Waals surface area contributed by atoms with Crippen LogP contribution < -0.4 is 4.90 Å². The number of nitrogens with zero attached hydrogens (tertiary/aromatic N) is 2. The minimum absolute atomic E-state index is 0.00763. The van der Waals surface area contributed by atoms with Crippen LogP contribution in [0.2, 0.25) is 0 Å². The van der Waals surface area contributed by atoms with Crippen molar-refractivity contribution in [3.8, 4) is 12.3 Å². The average molecular weight is 436 g/mol. The molecule has 158 valence electrons. The van der Waals surface area contributed by atoms with Crippen LogP contribution in [-0.4, -0.2) is 51.7 Å². The maximum atomic E-state index is 12.9. The number of carbonyl (C=O) groups is 1. The molecule has 2 aromatic rings. The van der Waals surface area contributed by atoms with Gasteiger partial charge in [-0.05, 0) is 42.5 Å². The molecule has 0 aromatic heterocycles. The Morgan fingerprint density at radius 3 is 2.13 bits per heavy atom. The van der Waals surface area contributed by atoms with Crippen LogP contribution in [0.1, 0.15) is 21.5 Å². The van der Waals surface area contributed by atoms with Crippen LogP contribution in [0.15, 0.2) is 47.4 Å². The number of piperazine rings is 1. The predicted molar refractivity (Wildman–Crippen MR) is 107 cm³/mol. The van der Waals surface area contributed by atoms with E-state index in [0.29, 0.717) is 37.4 Å². The lowest BCUT2D eigenvalue weighted by Crippen LogP contribution is -2.49. The summed E-state index contributed by atoms with van der Waals surface area (Å²) in [5, 5.41) is 0. The van der Waals surface area contributed by atoms with E-state index < -0.39 is 21.6 Å². The molecule has 0 bridgehead atoms. The van der Waals surface area contributed by atoms with Crippen LogP contribution in [0.3, 0.4) is 0 Å². The standard InChI is InChI=1S/C21H19F3N2O3S/c1-3-15-4-9-18(30(2,28)29)14-19(15)20(27)26-12-10-25(11-13-26)17-7-5-16(6-8-17)21(22,23)24/h1,4-9,14H,10-13H2,2H3. The highest BCUT2D eigenvalue weighted by Gasteiger charge is 2.30. The first-order chi connectivity index (χ1) is 14.0. The number of anilines is 1. The van der Waals surface area contributed by atoms with Gasteiger partial charge in [-0.25, -0.2) is 8.42 Å². The summed E-state index contributed by atoms with van der Waals surface area (Å²) in [4.78, 5) is 16.4. The SMILES string of the molecule is C#Cc1ccc(S(C)(=O)=O)cc1C(=O)N1CCN(c2ccc(C(F)(F)F)cc2)CC1. The molecule has 0 radical (unpaired) electrons. The van der Waals surface area contributed by atoms with Crippen molar-refractivity contribution in [2.75, 3.05) is 37.3 Å². The summed E-state index contributed by atoms with van der Waals surface area (Å²) in [5.74, 6) is 2.03. The van der Waals surface area contributed by atoms with Crippen molar-refractivity contribution >= 4 is 21.4 Å². The van der Waals surface area contributed by atoms with Gasteiger partial charge in [0.15, 0.2) is 9.84 Å². The first kappa shape index (κ1) is 21.7. The maximum Gasteiger partial charge on any atom is 0.416 e. The van der Waals surface area contributed by atoms with E-state index in [0.717, 1.165) is 18.4 Å². The number of carbonyl (C=O) groups excluding carboxylic acids is 1.